The van der Waals surface area contributed by atoms with Gasteiger partial charge in [-0.3, -0.25) is 43.2 Å². The number of hydrogen-bond donors (Lipinski definition) is 8. The van der Waals surface area contributed by atoms with Crippen LogP contribution >= 0.6 is 0 Å². The largest absolute Gasteiger partial charge is 0.481 e. The van der Waals surface area contributed by atoms with Gasteiger partial charge in [0, 0.05) is 6.42 Å². The lowest BCUT2D eigenvalue weighted by atomic mass is 9.98. The van der Waals surface area contributed by atoms with E-state index in [1.165, 1.54) is 20.0 Å². The molecule has 0 aromatic rings. The Balaban J connectivity index is 3.99. The van der Waals surface area contributed by atoms with Crippen molar-refractivity contribution in [1.82, 2.24) is 37.2 Å². The van der Waals surface area contributed by atoms with Crippen LogP contribution in [0, 0.1) is 29.6 Å². The summed E-state index contributed by atoms with van der Waals surface area (Å²) < 4.78 is 10.9. The molecule has 418 valence electrons. The van der Waals surface area contributed by atoms with Crippen molar-refractivity contribution in [2.75, 3.05) is 7.11 Å². The Kier molecular flexibility index (Phi) is 31.5. The Bertz CT molecular complexity index is 1790. The molecule has 20 nitrogen and oxygen atoms in total. The molecule has 1 aliphatic rings. The highest BCUT2D eigenvalue weighted by Gasteiger charge is 2.37. The molecule has 0 aromatic carbocycles. The van der Waals surface area contributed by atoms with E-state index in [1.807, 2.05) is 41.5 Å². The predicted molar refractivity (Wildman–Crippen MR) is 276 cm³/mol. The van der Waals surface area contributed by atoms with Gasteiger partial charge in [-0.1, -0.05) is 128 Å². The first-order valence-corrected chi connectivity index (χ1v) is 26.9. The van der Waals surface area contributed by atoms with E-state index < -0.39 is 126 Å². The van der Waals surface area contributed by atoms with Crippen molar-refractivity contribution in [3.63, 3.8) is 0 Å². The lowest BCUT2D eigenvalue weighted by Crippen LogP contribution is -2.61. The van der Waals surface area contributed by atoms with E-state index >= 15 is 0 Å². The number of carbonyl (C=O) groups is 10. The molecule has 1 fully saturated rings. The van der Waals surface area contributed by atoms with Gasteiger partial charge in [0.25, 0.3) is 0 Å². The van der Waals surface area contributed by atoms with Gasteiger partial charge in [-0.25, -0.2) is 4.79 Å². The van der Waals surface area contributed by atoms with Crippen LogP contribution in [0.1, 0.15) is 192 Å². The number of aliphatic carboxylic acids is 1. The average molecular weight is 1040 g/mol. The summed E-state index contributed by atoms with van der Waals surface area (Å²) in [5, 5.41) is 28.5. The third-order valence-corrected chi connectivity index (χ3v) is 12.4. The molecule has 0 aromatic heterocycles. The summed E-state index contributed by atoms with van der Waals surface area (Å²) in [4.78, 5) is 138. The molecule has 0 bridgehead atoms. The fourth-order valence-electron chi connectivity index (χ4n) is 8.54. The number of unbranched alkanes of at least 4 members (excludes halogenated alkanes) is 8. The summed E-state index contributed by atoms with van der Waals surface area (Å²) in [7, 11) is 1.18. The number of carboxylic acid groups (broad SMARTS) is 1. The van der Waals surface area contributed by atoms with Crippen LogP contribution in [0.3, 0.4) is 0 Å². The number of ether oxygens (including phenoxy) is 2. The second-order valence-electron chi connectivity index (χ2n) is 21.8. The first-order valence-electron chi connectivity index (χ1n) is 26.9. The van der Waals surface area contributed by atoms with E-state index in [4.69, 9.17) is 9.47 Å². The number of methoxy groups -OCH3 is 1. The molecule has 73 heavy (non-hydrogen) atoms. The number of carboxylic acids is 1. The minimum atomic E-state index is -1.72. The molecule has 8 N–H and O–H groups in total. The van der Waals surface area contributed by atoms with Crippen LogP contribution in [0.5, 0.6) is 0 Å². The number of amides is 7. The van der Waals surface area contributed by atoms with E-state index in [2.05, 4.69) is 44.1 Å². The molecule has 7 amide bonds. The van der Waals surface area contributed by atoms with E-state index in [1.54, 1.807) is 27.7 Å². The van der Waals surface area contributed by atoms with Gasteiger partial charge in [-0.05, 0) is 74.5 Å². The summed E-state index contributed by atoms with van der Waals surface area (Å²) in [5.74, 6) is -9.93. The SMILES string of the molecule is CCCCCCCCCCCC1CC(=O)NC(CCC(=O)OC)C(=O)NC(CC(C)C)C(=O)NC(CC(C)C)C(=O)NC(C(C)C)C(=O)NC(CC(=O)O)C(=O)NC(CC(C)C)C(=O)NC(CC(C)C)C(=O)O1. The van der Waals surface area contributed by atoms with Crippen LogP contribution in [0.15, 0.2) is 0 Å². The van der Waals surface area contributed by atoms with Gasteiger partial charge in [-0.15, -0.1) is 0 Å². The predicted octanol–water partition coefficient (Wildman–Crippen LogP) is 4.88. The molecular formula is C53H93N7O13. The normalized spacial score (nSPS) is 23.9. The maximum atomic E-state index is 14.2. The van der Waals surface area contributed by atoms with Crippen molar-refractivity contribution in [3.05, 3.63) is 0 Å². The third-order valence-electron chi connectivity index (χ3n) is 12.4. The van der Waals surface area contributed by atoms with Gasteiger partial charge in [0.1, 0.15) is 48.4 Å². The molecule has 1 rings (SSSR count). The summed E-state index contributed by atoms with van der Waals surface area (Å²) in [5.41, 5.74) is 0. The lowest BCUT2D eigenvalue weighted by Gasteiger charge is -2.29. The zero-order valence-electron chi connectivity index (χ0n) is 46.1. The first kappa shape index (κ1) is 65.7. The second kappa shape index (κ2) is 35.0. The molecule has 0 spiro atoms. The minimum absolute atomic E-state index is 0.0482. The van der Waals surface area contributed by atoms with Gasteiger partial charge < -0.3 is 51.8 Å². The Morgan fingerprint density at radius 3 is 1.36 bits per heavy atom. The zero-order valence-corrected chi connectivity index (χ0v) is 46.1. The van der Waals surface area contributed by atoms with Gasteiger partial charge in [0.15, 0.2) is 0 Å². The molecule has 1 heterocycles. The van der Waals surface area contributed by atoms with Crippen molar-refractivity contribution in [3.8, 4) is 0 Å². The summed E-state index contributed by atoms with van der Waals surface area (Å²) in [6, 6.07) is -9.47. The molecule has 0 aliphatic carbocycles. The number of hydrogen-bond acceptors (Lipinski definition) is 12. The highest BCUT2D eigenvalue weighted by Crippen LogP contribution is 2.19. The molecule has 8 unspecified atom stereocenters. The maximum Gasteiger partial charge on any atom is 0.328 e. The Hall–Kier alpha value is -5.30. The van der Waals surface area contributed by atoms with Crippen LogP contribution in [-0.2, 0) is 57.4 Å². The van der Waals surface area contributed by atoms with Gasteiger partial charge >= 0.3 is 17.9 Å². The standard InChI is InChI=1S/C53H93N7O13/c1-13-14-15-16-17-18-19-20-21-22-36-29-43(61)54-37(23-24-45(64)72-12)47(65)55-38(25-31(2)3)48(66)57-40(27-33(6)7)51(69)60-46(35(10)11)52(70)58-41(30-44(62)63)50(68)56-39(26-32(4)5)49(67)59-42(28-34(8)9)53(71)73-36/h31-42,46H,13-30H2,1-12H3,(H,54,61)(H,55,65)(H,56,68)(H,57,66)(H,58,70)(H,59,67)(H,60,69)(H,62,63). The van der Waals surface area contributed by atoms with Crippen LogP contribution in [0.2, 0.25) is 0 Å². The highest BCUT2D eigenvalue weighted by atomic mass is 16.5. The average Bonchev–Trinajstić information content (AvgIpc) is 3.28. The van der Waals surface area contributed by atoms with Crippen molar-refractivity contribution in [1.29, 1.82) is 0 Å². The van der Waals surface area contributed by atoms with Crippen molar-refractivity contribution in [2.24, 2.45) is 29.6 Å². The number of cyclic esters (lactones) is 1. The fourth-order valence-corrected chi connectivity index (χ4v) is 8.54. The minimum Gasteiger partial charge on any atom is -0.481 e. The van der Waals surface area contributed by atoms with Crippen LogP contribution in [0.4, 0.5) is 0 Å². The Labute approximate surface area is 434 Å². The molecule has 20 heteroatoms. The summed E-state index contributed by atoms with van der Waals surface area (Å²) in [6.07, 6.45) is 6.85. The topological polar surface area (TPSA) is 294 Å². The van der Waals surface area contributed by atoms with Gasteiger partial charge in [-0.2, -0.15) is 0 Å². The molecule has 1 aliphatic heterocycles. The van der Waals surface area contributed by atoms with E-state index in [0.717, 1.165) is 38.5 Å². The van der Waals surface area contributed by atoms with E-state index in [-0.39, 0.29) is 68.6 Å². The summed E-state index contributed by atoms with van der Waals surface area (Å²) in [6.45, 7) is 19.9. The molecule has 8 atom stereocenters. The Morgan fingerprint density at radius 2 is 0.918 bits per heavy atom. The van der Waals surface area contributed by atoms with E-state index in [9.17, 15) is 53.1 Å². The number of esters is 2. The quantitative estimate of drug-likeness (QED) is 0.0473. The number of rotatable bonds is 24. The van der Waals surface area contributed by atoms with Crippen molar-refractivity contribution < 1.29 is 62.5 Å². The lowest BCUT2D eigenvalue weighted by molar-refractivity contribution is -0.155. The highest BCUT2D eigenvalue weighted by molar-refractivity contribution is 5.98. The number of nitrogens with one attached hydrogen (secondary N) is 7. The van der Waals surface area contributed by atoms with Crippen molar-refractivity contribution in [2.45, 2.75) is 240 Å². The van der Waals surface area contributed by atoms with E-state index in [0.29, 0.717) is 6.42 Å². The summed E-state index contributed by atoms with van der Waals surface area (Å²) >= 11 is 0. The fraction of sp³-hybridized carbons (Fsp3) is 0.811. The van der Waals surface area contributed by atoms with Crippen molar-refractivity contribution >= 4 is 59.3 Å². The second-order valence-corrected chi connectivity index (χ2v) is 21.8. The molecule has 1 saturated heterocycles. The Morgan fingerprint density at radius 1 is 0.521 bits per heavy atom. The number of carbonyl (C=O) groups excluding carboxylic acids is 9. The van der Waals surface area contributed by atoms with Crippen LogP contribution < -0.4 is 37.2 Å². The third kappa shape index (κ3) is 27.5. The maximum absolute atomic E-state index is 14.2. The molecule has 0 radical (unpaired) electrons. The zero-order chi connectivity index (χ0) is 55.4. The monoisotopic (exact) mass is 1040 g/mol. The van der Waals surface area contributed by atoms with Gasteiger partial charge in [0.05, 0.1) is 20.0 Å². The molecular weight excluding hydrogens is 943 g/mol. The first-order chi connectivity index (χ1) is 34.3. The molecule has 0 saturated carbocycles. The smallest absolute Gasteiger partial charge is 0.328 e. The van der Waals surface area contributed by atoms with Crippen LogP contribution in [0.25, 0.3) is 0 Å². The van der Waals surface area contributed by atoms with Gasteiger partial charge in [0.2, 0.25) is 41.4 Å². The van der Waals surface area contributed by atoms with Crippen LogP contribution in [-0.4, -0.2) is 120 Å².